The number of H-pyrrole nitrogens is 1. The van der Waals surface area contributed by atoms with Gasteiger partial charge in [-0.15, -0.1) is 4.67 Å². The highest BCUT2D eigenvalue weighted by Gasteiger charge is 2.39. The lowest BCUT2D eigenvalue weighted by Crippen LogP contribution is -2.34. The van der Waals surface area contributed by atoms with Crippen LogP contribution in [0.5, 0.6) is 0 Å². The van der Waals surface area contributed by atoms with Crippen molar-refractivity contribution in [3.63, 3.8) is 0 Å². The van der Waals surface area contributed by atoms with E-state index < -0.39 is 49.9 Å². The zero-order valence-corrected chi connectivity index (χ0v) is 31.4. The molecule has 1 fully saturated rings. The van der Waals surface area contributed by atoms with E-state index in [0.717, 1.165) is 42.2 Å². The number of thioether (sulfide) groups is 1. The Morgan fingerprint density at radius 3 is 2.19 bits per heavy atom. The maximum absolute atomic E-state index is 13.8. The third kappa shape index (κ3) is 16.8. The molecule has 1 aliphatic rings. The molecule has 0 radical (unpaired) electrons. The molecule has 48 heavy (non-hydrogen) atoms. The molecule has 1 aliphatic heterocycles. The maximum Gasteiger partial charge on any atom is 0.502 e. The van der Waals surface area contributed by atoms with Gasteiger partial charge in [0.25, 0.3) is 5.56 Å². The minimum Gasteiger partial charge on any atom is -0.390 e. The summed E-state index contributed by atoms with van der Waals surface area (Å²) in [4.78, 5) is 31.1. The van der Waals surface area contributed by atoms with Crippen molar-refractivity contribution in [2.24, 2.45) is 0 Å². The highest BCUT2D eigenvalue weighted by Crippen LogP contribution is 2.51. The predicted octanol–water partition coefficient (Wildman–Crippen LogP) is 8.60. The van der Waals surface area contributed by atoms with Gasteiger partial charge in [0.15, 0.2) is 0 Å². The Labute approximate surface area is 290 Å². The summed E-state index contributed by atoms with van der Waals surface area (Å²) in [6.45, 7) is 7.89. The van der Waals surface area contributed by atoms with Crippen molar-refractivity contribution >= 4 is 19.6 Å². The van der Waals surface area contributed by atoms with E-state index in [9.17, 15) is 23.7 Å². The number of rotatable bonds is 29. The fourth-order valence-corrected chi connectivity index (χ4v) is 8.03. The first-order chi connectivity index (χ1) is 23.1. The predicted molar refractivity (Wildman–Crippen MR) is 189 cm³/mol. The topological polar surface area (TPSA) is 138 Å². The van der Waals surface area contributed by atoms with Crippen LogP contribution >= 0.6 is 19.6 Å². The Kier molecular flexibility index (Phi) is 22.4. The molecule has 0 saturated carbocycles. The van der Waals surface area contributed by atoms with Gasteiger partial charge in [-0.05, 0) is 31.9 Å². The SMILES string of the molecule is CCCCCCCCCCCCSC(CCCCCCC)[C@@H](C)OOP(=O)(OCCC)OC[C@H]1O[C@@H](n2cc(F)c(=O)[nH]c2=O)C[C@@H]1O. The number of hydrogen-bond acceptors (Lipinski definition) is 10. The summed E-state index contributed by atoms with van der Waals surface area (Å²) >= 11 is 1.87. The number of nitrogens with one attached hydrogen (secondary N) is 1. The molecule has 0 amide bonds. The molecule has 2 heterocycles. The van der Waals surface area contributed by atoms with Crippen LogP contribution in [0.15, 0.2) is 15.8 Å². The number of ether oxygens (including phenoxy) is 1. The third-order valence-electron chi connectivity index (χ3n) is 8.52. The molecule has 1 saturated heterocycles. The Balaban J connectivity index is 1.89. The first kappa shape index (κ1) is 43.1. The molecule has 280 valence electrons. The highest BCUT2D eigenvalue weighted by molar-refractivity contribution is 7.99. The smallest absolute Gasteiger partial charge is 0.390 e. The van der Waals surface area contributed by atoms with Crippen LogP contribution in [0.1, 0.15) is 149 Å². The number of aromatic nitrogens is 2. The minimum atomic E-state index is -4.22. The maximum atomic E-state index is 13.8. The van der Waals surface area contributed by atoms with Crippen LogP contribution in [-0.2, 0) is 27.9 Å². The van der Waals surface area contributed by atoms with E-state index in [4.69, 9.17) is 23.3 Å². The lowest BCUT2D eigenvalue weighted by Gasteiger charge is -2.25. The Morgan fingerprint density at radius 2 is 1.56 bits per heavy atom. The van der Waals surface area contributed by atoms with E-state index >= 15 is 0 Å². The molecular weight excluding hydrogens is 662 g/mol. The first-order valence-electron chi connectivity index (χ1n) is 18.3. The second kappa shape index (κ2) is 25.0. The number of nitrogens with zero attached hydrogens (tertiary/aromatic N) is 1. The van der Waals surface area contributed by atoms with Crippen molar-refractivity contribution < 1.29 is 37.4 Å². The summed E-state index contributed by atoms with van der Waals surface area (Å²) in [5.74, 6) is -0.143. The molecule has 1 aromatic heterocycles. The van der Waals surface area contributed by atoms with Gasteiger partial charge < -0.3 is 9.84 Å². The number of aliphatic hydroxyl groups excluding tert-OH is 1. The normalized spacial score (nSPS) is 20.6. The molecular formula is C34H62FN2O9PS. The van der Waals surface area contributed by atoms with E-state index in [1.807, 2.05) is 30.6 Å². The zero-order valence-electron chi connectivity index (χ0n) is 29.7. The number of phosphoric ester groups is 1. The van der Waals surface area contributed by atoms with Crippen LogP contribution in [-0.4, -0.2) is 57.2 Å². The van der Waals surface area contributed by atoms with Crippen molar-refractivity contribution in [3.8, 4) is 0 Å². The number of phosphoric acid groups is 1. The summed E-state index contributed by atoms with van der Waals surface area (Å²) in [6.07, 6.45) is 17.3. The monoisotopic (exact) mass is 724 g/mol. The van der Waals surface area contributed by atoms with Gasteiger partial charge in [0.2, 0.25) is 5.82 Å². The van der Waals surface area contributed by atoms with E-state index in [-0.39, 0.29) is 24.4 Å². The summed E-state index contributed by atoms with van der Waals surface area (Å²) in [7, 11) is -4.22. The van der Waals surface area contributed by atoms with E-state index in [2.05, 4.69) is 13.8 Å². The van der Waals surface area contributed by atoms with Crippen molar-refractivity contribution in [1.82, 2.24) is 9.55 Å². The van der Waals surface area contributed by atoms with Crippen LogP contribution in [0.25, 0.3) is 0 Å². The number of aromatic amines is 1. The summed E-state index contributed by atoms with van der Waals surface area (Å²) in [5, 5.41) is 10.7. The Hall–Kier alpha value is -1.05. The van der Waals surface area contributed by atoms with E-state index in [0.29, 0.717) is 6.42 Å². The number of unbranched alkanes of at least 4 members (excludes halogenated alkanes) is 13. The average Bonchev–Trinajstić information content (AvgIpc) is 3.44. The van der Waals surface area contributed by atoms with Gasteiger partial charge >= 0.3 is 13.5 Å². The van der Waals surface area contributed by atoms with Crippen LogP contribution < -0.4 is 11.2 Å². The Bertz CT molecular complexity index is 1160. The zero-order chi connectivity index (χ0) is 35.2. The third-order valence-corrected chi connectivity index (χ3v) is 11.3. The second-order valence-corrected chi connectivity index (χ2v) is 15.7. The lowest BCUT2D eigenvalue weighted by atomic mass is 10.1. The molecule has 0 aliphatic carbocycles. The standard InChI is InChI=1S/C34H62FN2O9PS/c1-5-8-10-12-13-14-15-16-18-20-23-48-31(21-19-17-11-9-6-2)27(4)45-46-47(41,42-22-7-3)43-26-30-29(38)24-32(44-30)37-25-28(35)33(39)36-34(37)40/h25,27,29-32,38H,5-24,26H2,1-4H3,(H,36,39,40)/t27-,29+,30-,31?,32-,47?/m1/s1. The van der Waals surface area contributed by atoms with E-state index in [1.54, 1.807) is 0 Å². The quantitative estimate of drug-likeness (QED) is 0.0358. The number of halogens is 1. The summed E-state index contributed by atoms with van der Waals surface area (Å²) < 4.78 is 50.3. The van der Waals surface area contributed by atoms with Gasteiger partial charge in [0.1, 0.15) is 18.4 Å². The Morgan fingerprint density at radius 1 is 0.958 bits per heavy atom. The van der Waals surface area contributed by atoms with Crippen LogP contribution in [0.2, 0.25) is 0 Å². The molecule has 6 atom stereocenters. The van der Waals surface area contributed by atoms with Crippen molar-refractivity contribution in [2.75, 3.05) is 19.0 Å². The summed E-state index contributed by atoms with van der Waals surface area (Å²) in [6, 6.07) is 0. The highest BCUT2D eigenvalue weighted by atomic mass is 32.2. The molecule has 1 aromatic rings. The van der Waals surface area contributed by atoms with Crippen LogP contribution in [0.3, 0.4) is 0 Å². The molecule has 11 nitrogen and oxygen atoms in total. The van der Waals surface area contributed by atoms with Crippen molar-refractivity contribution in [3.05, 3.63) is 32.9 Å². The van der Waals surface area contributed by atoms with Crippen LogP contribution in [0, 0.1) is 5.82 Å². The lowest BCUT2D eigenvalue weighted by molar-refractivity contribution is -0.258. The van der Waals surface area contributed by atoms with Gasteiger partial charge in [-0.25, -0.2) is 14.2 Å². The van der Waals surface area contributed by atoms with Gasteiger partial charge in [-0.3, -0.25) is 23.4 Å². The average molecular weight is 725 g/mol. The molecule has 0 spiro atoms. The minimum absolute atomic E-state index is 0.0792. The van der Waals surface area contributed by atoms with E-state index in [1.165, 1.54) is 77.0 Å². The molecule has 2 N–H and O–H groups in total. The van der Waals surface area contributed by atoms with Gasteiger partial charge in [-0.1, -0.05) is 111 Å². The first-order valence-corrected chi connectivity index (χ1v) is 20.8. The molecule has 2 unspecified atom stereocenters. The number of aliphatic hydroxyl groups is 1. The molecule has 2 rings (SSSR count). The second-order valence-electron chi connectivity index (χ2n) is 12.8. The summed E-state index contributed by atoms with van der Waals surface area (Å²) in [5.41, 5.74) is -2.03. The molecule has 0 bridgehead atoms. The molecule has 0 aromatic carbocycles. The number of hydrogen-bond donors (Lipinski definition) is 2. The van der Waals surface area contributed by atoms with Crippen LogP contribution in [0.4, 0.5) is 4.39 Å². The van der Waals surface area contributed by atoms with Gasteiger partial charge in [0, 0.05) is 11.7 Å². The fourth-order valence-electron chi connectivity index (χ4n) is 5.57. The van der Waals surface area contributed by atoms with Gasteiger partial charge in [-0.2, -0.15) is 16.2 Å². The fraction of sp³-hybridized carbons (Fsp3) is 0.882. The van der Waals surface area contributed by atoms with Crippen molar-refractivity contribution in [2.45, 2.75) is 173 Å². The molecule has 14 heteroatoms. The van der Waals surface area contributed by atoms with Gasteiger partial charge in [0.05, 0.1) is 25.5 Å². The largest absolute Gasteiger partial charge is 0.502 e. The van der Waals surface area contributed by atoms with Crippen molar-refractivity contribution in [1.29, 1.82) is 0 Å².